The fourth-order valence-corrected chi connectivity index (χ4v) is 4.46. The van der Waals surface area contributed by atoms with E-state index in [4.69, 9.17) is 0 Å². The number of sulfonamides is 1. The molecule has 8 heteroatoms. The average Bonchev–Trinajstić information content (AvgIpc) is 3.04. The number of methoxy groups -OCH3 is 1. The van der Waals surface area contributed by atoms with E-state index in [1.165, 1.54) is 24.8 Å². The van der Waals surface area contributed by atoms with Gasteiger partial charge in [-0.1, -0.05) is 18.2 Å². The summed E-state index contributed by atoms with van der Waals surface area (Å²) in [5.74, 6) is -0.683. The van der Waals surface area contributed by atoms with Crippen LogP contribution in [0.3, 0.4) is 0 Å². The molecule has 0 aliphatic heterocycles. The van der Waals surface area contributed by atoms with Crippen molar-refractivity contribution in [3.63, 3.8) is 0 Å². The van der Waals surface area contributed by atoms with Crippen LogP contribution in [0.15, 0.2) is 52.9 Å². The third-order valence-corrected chi connectivity index (χ3v) is 5.58. The zero-order valence-corrected chi connectivity index (χ0v) is 13.6. The summed E-state index contributed by atoms with van der Waals surface area (Å²) in [5.41, 5.74) is 1.09. The summed E-state index contributed by atoms with van der Waals surface area (Å²) in [4.78, 5) is 15.8. The molecule has 0 unspecified atom stereocenters. The summed E-state index contributed by atoms with van der Waals surface area (Å²) in [7, 11) is -2.70. The Balaban J connectivity index is 1.97. The molecule has 0 aliphatic rings. The van der Waals surface area contributed by atoms with Crippen molar-refractivity contribution >= 4 is 43.9 Å². The molecule has 118 valence electrons. The zero-order chi connectivity index (χ0) is 16.4. The summed E-state index contributed by atoms with van der Waals surface area (Å²) < 4.78 is 32.0. The normalized spacial score (nSPS) is 11.3. The monoisotopic (exact) mass is 348 g/mol. The predicted molar refractivity (Wildman–Crippen MR) is 88.2 cm³/mol. The van der Waals surface area contributed by atoms with Crippen molar-refractivity contribution in [3.05, 3.63) is 52.9 Å². The van der Waals surface area contributed by atoms with E-state index in [0.717, 1.165) is 22.2 Å². The molecule has 0 amide bonds. The highest BCUT2D eigenvalue weighted by molar-refractivity contribution is 7.93. The number of carbonyl (C=O) groups is 1. The van der Waals surface area contributed by atoms with Crippen molar-refractivity contribution in [1.29, 1.82) is 0 Å². The first-order valence-electron chi connectivity index (χ1n) is 6.55. The Labute approximate surface area is 136 Å². The lowest BCUT2D eigenvalue weighted by molar-refractivity contribution is 0.0602. The Morgan fingerprint density at radius 2 is 2.04 bits per heavy atom. The van der Waals surface area contributed by atoms with Gasteiger partial charge in [-0.25, -0.2) is 13.2 Å². The van der Waals surface area contributed by atoms with Gasteiger partial charge in [0, 0.05) is 5.39 Å². The fourth-order valence-electron chi connectivity index (χ4n) is 2.09. The van der Waals surface area contributed by atoms with Gasteiger partial charge in [0.05, 0.1) is 24.5 Å². The molecule has 3 aromatic rings. The molecular formula is C15H12N2O4S2. The average molecular weight is 348 g/mol. The largest absolute Gasteiger partial charge is 0.465 e. The first kappa shape index (κ1) is 15.4. The highest BCUT2D eigenvalue weighted by Gasteiger charge is 2.24. The topological polar surface area (TPSA) is 85.4 Å². The lowest BCUT2D eigenvalue weighted by Crippen LogP contribution is -2.15. The molecule has 23 heavy (non-hydrogen) atoms. The first-order valence-corrected chi connectivity index (χ1v) is 8.91. The number of nitrogens with one attached hydrogen (secondary N) is 1. The van der Waals surface area contributed by atoms with Gasteiger partial charge in [-0.2, -0.15) is 0 Å². The van der Waals surface area contributed by atoms with Crippen molar-refractivity contribution in [3.8, 4) is 0 Å². The predicted octanol–water partition coefficient (Wildman–Crippen LogP) is 2.88. The molecule has 2 aromatic heterocycles. The van der Waals surface area contributed by atoms with Crippen molar-refractivity contribution in [1.82, 2.24) is 4.98 Å². The van der Waals surface area contributed by atoms with Crippen molar-refractivity contribution in [2.45, 2.75) is 4.90 Å². The maximum Gasteiger partial charge on any atom is 0.349 e. The Hall–Kier alpha value is -2.45. The summed E-state index contributed by atoms with van der Waals surface area (Å²) >= 11 is 1.01. The second-order valence-electron chi connectivity index (χ2n) is 4.63. The van der Waals surface area contributed by atoms with Gasteiger partial charge in [-0.05, 0) is 23.6 Å². The van der Waals surface area contributed by atoms with Crippen LogP contribution in [-0.4, -0.2) is 26.5 Å². The number of ether oxygens (including phenoxy) is 1. The smallest absolute Gasteiger partial charge is 0.349 e. The molecular weight excluding hydrogens is 336 g/mol. The molecule has 0 radical (unpaired) electrons. The highest BCUT2D eigenvalue weighted by Crippen LogP contribution is 2.25. The number of rotatable bonds is 4. The van der Waals surface area contributed by atoms with Crippen LogP contribution in [0.5, 0.6) is 0 Å². The number of anilines is 1. The molecule has 2 heterocycles. The van der Waals surface area contributed by atoms with Crippen LogP contribution >= 0.6 is 11.3 Å². The van der Waals surface area contributed by atoms with E-state index in [2.05, 4.69) is 14.4 Å². The number of thiophene rings is 1. The van der Waals surface area contributed by atoms with Crippen LogP contribution in [0.25, 0.3) is 10.9 Å². The first-order chi connectivity index (χ1) is 11.0. The van der Waals surface area contributed by atoms with Gasteiger partial charge in [0.15, 0.2) is 0 Å². The van der Waals surface area contributed by atoms with Gasteiger partial charge in [-0.3, -0.25) is 9.71 Å². The highest BCUT2D eigenvalue weighted by atomic mass is 32.2. The molecule has 0 atom stereocenters. The lowest BCUT2D eigenvalue weighted by Gasteiger charge is -2.08. The molecule has 0 aliphatic carbocycles. The van der Waals surface area contributed by atoms with Crippen LogP contribution in [0, 0.1) is 0 Å². The van der Waals surface area contributed by atoms with Crippen LogP contribution < -0.4 is 4.72 Å². The molecule has 1 aromatic carbocycles. The van der Waals surface area contributed by atoms with Gasteiger partial charge in [-0.15, -0.1) is 11.3 Å². The molecule has 0 spiro atoms. The Morgan fingerprint density at radius 1 is 1.26 bits per heavy atom. The number of hydrogen-bond donors (Lipinski definition) is 1. The molecule has 1 N–H and O–H groups in total. The van der Waals surface area contributed by atoms with Crippen LogP contribution in [0.2, 0.25) is 0 Å². The zero-order valence-electron chi connectivity index (χ0n) is 12.0. The Kier molecular flexibility index (Phi) is 4.01. The lowest BCUT2D eigenvalue weighted by atomic mass is 10.2. The molecule has 0 bridgehead atoms. The van der Waals surface area contributed by atoms with Gasteiger partial charge < -0.3 is 4.74 Å². The standard InChI is InChI=1S/C15H12N2O4S2/c1-21-15(18)14-13(6-7-22-14)23(19,20)17-11-8-10-4-2-3-5-12(10)16-9-11/h2-9,17H,1H3. The van der Waals surface area contributed by atoms with E-state index in [9.17, 15) is 13.2 Å². The summed E-state index contributed by atoms with van der Waals surface area (Å²) in [6, 6.07) is 10.4. The van der Waals surface area contributed by atoms with Crippen LogP contribution in [-0.2, 0) is 14.8 Å². The number of benzene rings is 1. The summed E-state index contributed by atoms with van der Waals surface area (Å²) in [6.07, 6.45) is 1.43. The Morgan fingerprint density at radius 3 is 2.83 bits per heavy atom. The molecule has 0 fully saturated rings. The van der Waals surface area contributed by atoms with Gasteiger partial charge >= 0.3 is 5.97 Å². The second kappa shape index (κ2) is 5.98. The summed E-state index contributed by atoms with van der Waals surface area (Å²) in [6.45, 7) is 0. The van der Waals surface area contributed by atoms with E-state index in [0.29, 0.717) is 5.69 Å². The van der Waals surface area contributed by atoms with E-state index in [1.54, 1.807) is 6.07 Å². The molecule has 0 saturated heterocycles. The van der Waals surface area contributed by atoms with Crippen LogP contribution in [0.4, 0.5) is 5.69 Å². The maximum absolute atomic E-state index is 12.5. The fraction of sp³-hybridized carbons (Fsp3) is 0.0667. The van der Waals surface area contributed by atoms with Crippen molar-refractivity contribution in [2.24, 2.45) is 0 Å². The minimum absolute atomic E-state index is 0.0359. The Bertz CT molecular complexity index is 980. The number of aromatic nitrogens is 1. The minimum Gasteiger partial charge on any atom is -0.465 e. The number of pyridine rings is 1. The maximum atomic E-state index is 12.5. The summed E-state index contributed by atoms with van der Waals surface area (Å²) in [5, 5.41) is 2.34. The molecule has 6 nitrogen and oxygen atoms in total. The van der Waals surface area contributed by atoms with E-state index in [-0.39, 0.29) is 9.77 Å². The van der Waals surface area contributed by atoms with E-state index >= 15 is 0 Å². The quantitative estimate of drug-likeness (QED) is 0.733. The SMILES string of the molecule is COC(=O)c1sccc1S(=O)(=O)Nc1cnc2ccccc2c1. The number of fused-ring (bicyclic) bond motifs is 1. The van der Waals surface area contributed by atoms with E-state index < -0.39 is 16.0 Å². The van der Waals surface area contributed by atoms with Gasteiger partial charge in [0.25, 0.3) is 10.0 Å². The third kappa shape index (κ3) is 3.03. The molecule has 0 saturated carbocycles. The van der Waals surface area contributed by atoms with E-state index in [1.807, 2.05) is 24.3 Å². The number of carbonyl (C=O) groups excluding carboxylic acids is 1. The minimum atomic E-state index is -3.90. The van der Waals surface area contributed by atoms with Crippen molar-refractivity contribution < 1.29 is 17.9 Å². The number of nitrogens with zero attached hydrogens (tertiary/aromatic N) is 1. The number of para-hydroxylation sites is 1. The third-order valence-electron chi connectivity index (χ3n) is 3.13. The van der Waals surface area contributed by atoms with Gasteiger partial charge in [0.2, 0.25) is 0 Å². The number of hydrogen-bond acceptors (Lipinski definition) is 6. The number of esters is 1. The van der Waals surface area contributed by atoms with Gasteiger partial charge in [0.1, 0.15) is 9.77 Å². The second-order valence-corrected chi connectivity index (χ2v) is 7.19. The van der Waals surface area contributed by atoms with Crippen LogP contribution in [0.1, 0.15) is 9.67 Å². The van der Waals surface area contributed by atoms with Crippen molar-refractivity contribution in [2.75, 3.05) is 11.8 Å². The molecule has 3 rings (SSSR count).